The van der Waals surface area contributed by atoms with E-state index in [1.807, 2.05) is 47.1 Å². The number of hydrogen-bond donors (Lipinski definition) is 3. The fourth-order valence-corrected chi connectivity index (χ4v) is 5.41. The van der Waals surface area contributed by atoms with Crippen molar-refractivity contribution < 1.29 is 14.3 Å². The van der Waals surface area contributed by atoms with Crippen LogP contribution in [0.4, 0.5) is 5.69 Å². The second kappa shape index (κ2) is 9.61. The molecular weight excluding hydrogens is 478 g/mol. The number of nitrogens with two attached hydrogens (primary N) is 1. The second-order valence-electron chi connectivity index (χ2n) is 10.4. The molecule has 1 aliphatic rings. The summed E-state index contributed by atoms with van der Waals surface area (Å²) in [6.45, 7) is 4.23. The molecule has 0 aliphatic heterocycles. The first-order valence-corrected chi connectivity index (χ1v) is 13.1. The van der Waals surface area contributed by atoms with Gasteiger partial charge in [0.2, 0.25) is 0 Å². The molecule has 0 spiro atoms. The SMILES string of the molecule is CC(C)c1nn(-c2ccc(C(N)=O)c(NC3CCC(O)CC3)c2)c2nccc(-c3cc4ccccc4o3)c12. The minimum atomic E-state index is -0.492. The lowest BCUT2D eigenvalue weighted by Crippen LogP contribution is -2.29. The molecule has 1 saturated carbocycles. The summed E-state index contributed by atoms with van der Waals surface area (Å²) in [6.07, 6.45) is 4.64. The first-order valence-electron chi connectivity index (χ1n) is 13.1. The lowest BCUT2D eigenvalue weighted by atomic mass is 9.92. The monoisotopic (exact) mass is 509 g/mol. The normalized spacial score (nSPS) is 17.9. The van der Waals surface area contributed by atoms with E-state index < -0.39 is 5.91 Å². The van der Waals surface area contributed by atoms with Crippen molar-refractivity contribution in [2.45, 2.75) is 57.6 Å². The van der Waals surface area contributed by atoms with Crippen molar-refractivity contribution in [3.63, 3.8) is 0 Å². The van der Waals surface area contributed by atoms with Crippen molar-refractivity contribution in [2.75, 3.05) is 5.32 Å². The Morgan fingerprint density at radius 1 is 1.11 bits per heavy atom. The average molecular weight is 510 g/mol. The summed E-state index contributed by atoms with van der Waals surface area (Å²) in [4.78, 5) is 17.0. The van der Waals surface area contributed by atoms with Gasteiger partial charge in [-0.2, -0.15) is 5.10 Å². The Morgan fingerprint density at radius 3 is 2.63 bits per heavy atom. The number of furan rings is 1. The van der Waals surface area contributed by atoms with Crippen molar-refractivity contribution >= 4 is 33.6 Å². The summed E-state index contributed by atoms with van der Waals surface area (Å²) in [5, 5.41) is 20.4. The third-order valence-electron chi connectivity index (χ3n) is 7.40. The maximum atomic E-state index is 12.2. The molecule has 0 atom stereocenters. The number of rotatable bonds is 6. The van der Waals surface area contributed by atoms with Gasteiger partial charge in [-0.25, -0.2) is 9.67 Å². The topological polar surface area (TPSA) is 119 Å². The number of carbonyl (C=O) groups is 1. The number of nitrogens with zero attached hydrogens (tertiary/aromatic N) is 3. The molecule has 6 rings (SSSR count). The number of benzene rings is 2. The van der Waals surface area contributed by atoms with Crippen LogP contribution in [0.5, 0.6) is 0 Å². The molecule has 8 heteroatoms. The van der Waals surface area contributed by atoms with Crippen molar-refractivity contribution in [3.05, 3.63) is 72.1 Å². The van der Waals surface area contributed by atoms with E-state index in [0.29, 0.717) is 16.9 Å². The molecule has 3 aromatic heterocycles. The zero-order chi connectivity index (χ0) is 26.4. The van der Waals surface area contributed by atoms with E-state index in [0.717, 1.165) is 64.7 Å². The molecule has 0 radical (unpaired) electrons. The number of pyridine rings is 1. The summed E-state index contributed by atoms with van der Waals surface area (Å²) < 4.78 is 8.05. The van der Waals surface area contributed by atoms with Crippen molar-refractivity contribution in [1.29, 1.82) is 0 Å². The molecule has 0 saturated heterocycles. The Bertz CT molecular complexity index is 1610. The largest absolute Gasteiger partial charge is 0.456 e. The fourth-order valence-electron chi connectivity index (χ4n) is 5.41. The Hall–Kier alpha value is -4.17. The zero-order valence-corrected chi connectivity index (χ0v) is 21.5. The average Bonchev–Trinajstić information content (AvgIpc) is 3.52. The van der Waals surface area contributed by atoms with Crippen LogP contribution in [-0.4, -0.2) is 37.9 Å². The number of hydrogen-bond acceptors (Lipinski definition) is 6. The minimum absolute atomic E-state index is 0.141. The van der Waals surface area contributed by atoms with Gasteiger partial charge in [0.05, 0.1) is 28.4 Å². The summed E-state index contributed by atoms with van der Waals surface area (Å²) in [6, 6.07) is 17.6. The molecule has 1 fully saturated rings. The van der Waals surface area contributed by atoms with E-state index in [2.05, 4.69) is 25.2 Å². The number of para-hydroxylation sites is 1. The van der Waals surface area contributed by atoms with Crippen molar-refractivity contribution in [1.82, 2.24) is 14.8 Å². The maximum absolute atomic E-state index is 12.2. The van der Waals surface area contributed by atoms with Gasteiger partial charge >= 0.3 is 0 Å². The minimum Gasteiger partial charge on any atom is -0.456 e. The number of amides is 1. The summed E-state index contributed by atoms with van der Waals surface area (Å²) >= 11 is 0. The van der Waals surface area contributed by atoms with Crippen LogP contribution in [0.3, 0.4) is 0 Å². The molecule has 0 bridgehead atoms. The number of aliphatic hydroxyl groups excluding tert-OH is 1. The molecular formula is C30H31N5O3. The Kier molecular flexibility index (Phi) is 6.12. The predicted molar refractivity (Wildman–Crippen MR) is 149 cm³/mol. The zero-order valence-electron chi connectivity index (χ0n) is 21.5. The van der Waals surface area contributed by atoms with E-state index >= 15 is 0 Å². The molecule has 0 unspecified atom stereocenters. The van der Waals surface area contributed by atoms with Gasteiger partial charge in [0.15, 0.2) is 5.65 Å². The van der Waals surface area contributed by atoms with Crippen LogP contribution in [0.25, 0.3) is 39.0 Å². The van der Waals surface area contributed by atoms with Crippen LogP contribution in [-0.2, 0) is 0 Å². The molecule has 194 valence electrons. The highest BCUT2D eigenvalue weighted by Gasteiger charge is 2.24. The second-order valence-corrected chi connectivity index (χ2v) is 10.4. The Morgan fingerprint density at radius 2 is 1.89 bits per heavy atom. The number of fused-ring (bicyclic) bond motifs is 2. The van der Waals surface area contributed by atoms with E-state index in [1.165, 1.54) is 0 Å². The number of carbonyl (C=O) groups excluding carboxylic acids is 1. The van der Waals surface area contributed by atoms with Gasteiger partial charge in [-0.1, -0.05) is 32.0 Å². The molecule has 5 aromatic rings. The molecule has 8 nitrogen and oxygen atoms in total. The van der Waals surface area contributed by atoms with E-state index in [4.69, 9.17) is 20.2 Å². The molecule has 4 N–H and O–H groups in total. The smallest absolute Gasteiger partial charge is 0.250 e. The van der Waals surface area contributed by atoms with Crippen molar-refractivity contribution in [2.24, 2.45) is 5.73 Å². The molecule has 38 heavy (non-hydrogen) atoms. The first kappa shape index (κ1) is 24.2. The predicted octanol–water partition coefficient (Wildman–Crippen LogP) is 5.77. The highest BCUT2D eigenvalue weighted by molar-refractivity contribution is 6.00. The third kappa shape index (κ3) is 4.31. The summed E-state index contributed by atoms with van der Waals surface area (Å²) in [5.41, 5.74) is 11.0. The maximum Gasteiger partial charge on any atom is 0.250 e. The Labute approximate surface area is 220 Å². The van der Waals surface area contributed by atoms with Gasteiger partial charge in [-0.05, 0) is 68.0 Å². The lowest BCUT2D eigenvalue weighted by Gasteiger charge is -2.27. The highest BCUT2D eigenvalue weighted by Crippen LogP contribution is 2.37. The van der Waals surface area contributed by atoms with E-state index in [9.17, 15) is 9.90 Å². The third-order valence-corrected chi connectivity index (χ3v) is 7.40. The number of nitrogens with one attached hydrogen (secondary N) is 1. The molecule has 2 aromatic carbocycles. The molecule has 3 heterocycles. The van der Waals surface area contributed by atoms with Gasteiger partial charge in [0.1, 0.15) is 11.3 Å². The van der Waals surface area contributed by atoms with Crippen LogP contribution in [0.2, 0.25) is 0 Å². The van der Waals surface area contributed by atoms with Crippen LogP contribution in [0, 0.1) is 0 Å². The summed E-state index contributed by atoms with van der Waals surface area (Å²) in [5.74, 6) is 0.418. The van der Waals surface area contributed by atoms with Gasteiger partial charge < -0.3 is 20.6 Å². The molecule has 1 aliphatic carbocycles. The van der Waals surface area contributed by atoms with Gasteiger partial charge in [0.25, 0.3) is 5.91 Å². The van der Waals surface area contributed by atoms with Gasteiger partial charge in [0, 0.05) is 28.9 Å². The number of anilines is 1. The standard InChI is InChI=1S/C30H31N5O3/c1-17(2)28-27-23(26-15-18-5-3-4-6-25(18)38-26)13-14-32-30(27)35(34-28)20-9-12-22(29(31)37)24(16-20)33-19-7-10-21(36)11-8-19/h3-6,9,12-17,19,21,33,36H,7-8,10-11H2,1-2H3,(H2,31,37). The first-order chi connectivity index (χ1) is 18.4. The van der Waals surface area contributed by atoms with Crippen molar-refractivity contribution in [3.8, 4) is 17.0 Å². The Balaban J connectivity index is 1.48. The van der Waals surface area contributed by atoms with Crippen LogP contribution in [0.1, 0.15) is 61.5 Å². The van der Waals surface area contributed by atoms with Gasteiger partial charge in [-0.3, -0.25) is 4.79 Å². The number of aliphatic hydroxyl groups is 1. The number of primary amides is 1. The van der Waals surface area contributed by atoms with Gasteiger partial charge in [-0.15, -0.1) is 0 Å². The van der Waals surface area contributed by atoms with Crippen LogP contribution >= 0.6 is 0 Å². The highest BCUT2D eigenvalue weighted by atomic mass is 16.3. The fraction of sp³-hybridized carbons (Fsp3) is 0.300. The quantitative estimate of drug-likeness (QED) is 0.267. The summed E-state index contributed by atoms with van der Waals surface area (Å²) in [7, 11) is 0. The van der Waals surface area contributed by atoms with E-state index in [1.54, 1.807) is 12.3 Å². The lowest BCUT2D eigenvalue weighted by molar-refractivity contribution is 0.100. The number of aromatic nitrogens is 3. The molecule has 1 amide bonds. The van der Waals surface area contributed by atoms with Crippen LogP contribution in [0.15, 0.2) is 65.2 Å². The van der Waals surface area contributed by atoms with Crippen LogP contribution < -0.4 is 11.1 Å². The van der Waals surface area contributed by atoms with E-state index in [-0.39, 0.29) is 18.1 Å².